The highest BCUT2D eigenvalue weighted by Crippen LogP contribution is 2.14. The van der Waals surface area contributed by atoms with Gasteiger partial charge in [0.05, 0.1) is 11.7 Å². The highest BCUT2D eigenvalue weighted by Gasteiger charge is 2.22. The summed E-state index contributed by atoms with van der Waals surface area (Å²) in [6.07, 6.45) is 3.44. The van der Waals surface area contributed by atoms with Crippen LogP contribution in [0.1, 0.15) is 31.3 Å². The standard InChI is InChI=1S/C12H12O4/c1-12(2,3)11(14)16-8-6-9(13)10-5-4-7-15-10/h4-5,7H,1-3H3. The Morgan fingerprint density at radius 2 is 2.06 bits per heavy atom. The van der Waals surface area contributed by atoms with Crippen LogP contribution in [0.2, 0.25) is 0 Å². The molecule has 0 spiro atoms. The van der Waals surface area contributed by atoms with Crippen molar-refractivity contribution in [1.29, 1.82) is 0 Å². The van der Waals surface area contributed by atoms with E-state index in [1.54, 1.807) is 26.8 Å². The minimum atomic E-state index is -0.636. The van der Waals surface area contributed by atoms with Crippen molar-refractivity contribution in [2.75, 3.05) is 0 Å². The van der Waals surface area contributed by atoms with E-state index in [4.69, 9.17) is 4.42 Å². The molecule has 0 aliphatic rings. The first-order valence-electron chi connectivity index (χ1n) is 4.71. The summed E-state index contributed by atoms with van der Waals surface area (Å²) in [7, 11) is 0. The van der Waals surface area contributed by atoms with Gasteiger partial charge in [0.15, 0.2) is 5.76 Å². The molecule has 1 aromatic heterocycles. The van der Waals surface area contributed by atoms with Gasteiger partial charge in [0.1, 0.15) is 6.11 Å². The van der Waals surface area contributed by atoms with Crippen molar-refractivity contribution < 1.29 is 18.7 Å². The molecule has 1 aromatic rings. The first-order valence-corrected chi connectivity index (χ1v) is 4.71. The third-order valence-corrected chi connectivity index (χ3v) is 1.67. The maximum atomic E-state index is 11.3. The van der Waals surface area contributed by atoms with Crippen LogP contribution in [-0.2, 0) is 9.53 Å². The molecule has 0 amide bonds. The quantitative estimate of drug-likeness (QED) is 0.412. The zero-order chi connectivity index (χ0) is 12.2. The van der Waals surface area contributed by atoms with Crippen molar-refractivity contribution in [3.63, 3.8) is 0 Å². The predicted octanol–water partition coefficient (Wildman–Crippen LogP) is 2.01. The normalized spacial score (nSPS) is 10.2. The van der Waals surface area contributed by atoms with Crippen LogP contribution in [0.3, 0.4) is 0 Å². The molecule has 4 nitrogen and oxygen atoms in total. The molecule has 0 N–H and O–H groups in total. The number of Topliss-reactive ketones (excluding diaryl/α,β-unsaturated/α-hetero) is 1. The Bertz CT molecular complexity index is 438. The summed E-state index contributed by atoms with van der Waals surface area (Å²) in [5, 5.41) is 0. The van der Waals surface area contributed by atoms with E-state index in [1.165, 1.54) is 12.3 Å². The average molecular weight is 220 g/mol. The van der Waals surface area contributed by atoms with Gasteiger partial charge in [-0.2, -0.15) is 0 Å². The molecule has 0 bridgehead atoms. The summed E-state index contributed by atoms with van der Waals surface area (Å²) in [6.45, 7) is 5.10. The van der Waals surface area contributed by atoms with Crippen LogP contribution in [0.4, 0.5) is 0 Å². The second kappa shape index (κ2) is 4.67. The summed E-state index contributed by atoms with van der Waals surface area (Å²) in [5.41, 5.74) is -0.636. The molecule has 0 saturated carbocycles. The Hall–Kier alpha value is -2.02. The van der Waals surface area contributed by atoms with Crippen molar-refractivity contribution >= 4 is 11.8 Å². The summed E-state index contributed by atoms with van der Waals surface area (Å²) in [5.74, 6) is 1.29. The van der Waals surface area contributed by atoms with Crippen LogP contribution in [0.5, 0.6) is 0 Å². The van der Waals surface area contributed by atoms with E-state index in [-0.39, 0.29) is 5.76 Å². The monoisotopic (exact) mass is 220 g/mol. The summed E-state index contributed by atoms with van der Waals surface area (Å²) >= 11 is 0. The molecule has 0 aromatic carbocycles. The molecular formula is C12H12O4. The third kappa shape index (κ3) is 3.28. The molecule has 0 unspecified atom stereocenters. The SMILES string of the molecule is CC(C)(C)C(=O)OC#CC(=O)c1ccco1. The van der Waals surface area contributed by atoms with Crippen molar-refractivity contribution in [2.24, 2.45) is 5.41 Å². The van der Waals surface area contributed by atoms with Crippen LogP contribution in [0.25, 0.3) is 0 Å². The third-order valence-electron chi connectivity index (χ3n) is 1.67. The van der Waals surface area contributed by atoms with E-state index in [0.717, 1.165) is 0 Å². The highest BCUT2D eigenvalue weighted by molar-refractivity contribution is 6.07. The molecule has 1 rings (SSSR count). The summed E-state index contributed by atoms with van der Waals surface area (Å²) in [4.78, 5) is 22.6. The van der Waals surface area contributed by atoms with Gasteiger partial charge in [0, 0.05) is 5.92 Å². The summed E-state index contributed by atoms with van der Waals surface area (Å²) < 4.78 is 9.44. The maximum Gasteiger partial charge on any atom is 0.325 e. The van der Waals surface area contributed by atoms with Gasteiger partial charge in [-0.1, -0.05) is 0 Å². The highest BCUT2D eigenvalue weighted by atomic mass is 16.5. The van der Waals surface area contributed by atoms with Crippen LogP contribution >= 0.6 is 0 Å². The number of hydrogen-bond donors (Lipinski definition) is 0. The van der Waals surface area contributed by atoms with Gasteiger partial charge in [-0.25, -0.2) is 0 Å². The van der Waals surface area contributed by atoms with E-state index < -0.39 is 17.2 Å². The first kappa shape index (κ1) is 12.1. The Morgan fingerprint density at radius 1 is 1.38 bits per heavy atom. The molecule has 0 aliphatic heterocycles. The number of carbonyl (C=O) groups excluding carboxylic acids is 2. The van der Waals surface area contributed by atoms with Gasteiger partial charge < -0.3 is 9.15 Å². The molecule has 1 heterocycles. The van der Waals surface area contributed by atoms with Crippen LogP contribution in [0, 0.1) is 17.4 Å². The minimum Gasteiger partial charge on any atom is -0.460 e. The summed E-state index contributed by atoms with van der Waals surface area (Å²) in [6, 6.07) is 3.07. The molecular weight excluding hydrogens is 208 g/mol. The lowest BCUT2D eigenvalue weighted by molar-refractivity contribution is -0.145. The number of carbonyl (C=O) groups is 2. The lowest BCUT2D eigenvalue weighted by Gasteiger charge is -2.12. The number of rotatable bonds is 1. The van der Waals surface area contributed by atoms with Crippen LogP contribution in [0.15, 0.2) is 22.8 Å². The number of hydrogen-bond acceptors (Lipinski definition) is 4. The first-order chi connectivity index (χ1) is 7.41. The zero-order valence-corrected chi connectivity index (χ0v) is 9.37. The molecule has 4 heteroatoms. The second-order valence-electron chi connectivity index (χ2n) is 4.17. The van der Waals surface area contributed by atoms with Gasteiger partial charge in [-0.05, 0) is 32.9 Å². The van der Waals surface area contributed by atoms with E-state index in [1.807, 2.05) is 0 Å². The molecule has 0 radical (unpaired) electrons. The van der Waals surface area contributed by atoms with Gasteiger partial charge >= 0.3 is 5.97 Å². The van der Waals surface area contributed by atoms with Crippen LogP contribution < -0.4 is 0 Å². The van der Waals surface area contributed by atoms with Crippen molar-refractivity contribution in [1.82, 2.24) is 0 Å². The largest absolute Gasteiger partial charge is 0.460 e. The second-order valence-corrected chi connectivity index (χ2v) is 4.17. The topological polar surface area (TPSA) is 56.5 Å². The van der Waals surface area contributed by atoms with Crippen molar-refractivity contribution in [3.8, 4) is 12.0 Å². The minimum absolute atomic E-state index is 0.124. The van der Waals surface area contributed by atoms with Crippen molar-refractivity contribution in [3.05, 3.63) is 24.2 Å². The predicted molar refractivity (Wildman–Crippen MR) is 56.4 cm³/mol. The molecule has 0 atom stereocenters. The molecule has 16 heavy (non-hydrogen) atoms. The zero-order valence-electron chi connectivity index (χ0n) is 9.37. The number of furan rings is 1. The Kier molecular flexibility index (Phi) is 3.51. The molecule has 84 valence electrons. The molecule has 0 fully saturated rings. The average Bonchev–Trinajstić information content (AvgIpc) is 2.68. The number of esters is 1. The van der Waals surface area contributed by atoms with Gasteiger partial charge in [-0.15, -0.1) is 0 Å². The van der Waals surface area contributed by atoms with E-state index in [9.17, 15) is 9.59 Å². The van der Waals surface area contributed by atoms with Crippen LogP contribution in [-0.4, -0.2) is 11.8 Å². The van der Waals surface area contributed by atoms with E-state index >= 15 is 0 Å². The lowest BCUT2D eigenvalue weighted by atomic mass is 9.98. The number of ketones is 1. The van der Waals surface area contributed by atoms with E-state index in [0.29, 0.717) is 0 Å². The van der Waals surface area contributed by atoms with Gasteiger partial charge in [0.2, 0.25) is 0 Å². The van der Waals surface area contributed by atoms with Gasteiger partial charge in [0.25, 0.3) is 5.78 Å². The number of ether oxygens (including phenoxy) is 1. The Labute approximate surface area is 93.6 Å². The fourth-order valence-corrected chi connectivity index (χ4v) is 0.741. The van der Waals surface area contributed by atoms with Crippen molar-refractivity contribution in [2.45, 2.75) is 20.8 Å². The molecule has 0 aliphatic carbocycles. The Morgan fingerprint density at radius 3 is 2.56 bits per heavy atom. The lowest BCUT2D eigenvalue weighted by Crippen LogP contribution is -2.21. The van der Waals surface area contributed by atoms with E-state index in [2.05, 4.69) is 16.8 Å². The molecule has 0 saturated heterocycles. The Balaban J connectivity index is 2.57. The fourth-order valence-electron chi connectivity index (χ4n) is 0.741. The smallest absolute Gasteiger partial charge is 0.325 e. The maximum absolute atomic E-state index is 11.3. The fraction of sp³-hybridized carbons (Fsp3) is 0.333. The van der Waals surface area contributed by atoms with Gasteiger partial charge in [-0.3, -0.25) is 9.59 Å².